The number of phenols is 2. The van der Waals surface area contributed by atoms with Gasteiger partial charge in [-0.1, -0.05) is 247 Å². The molecule has 0 saturated heterocycles. The Morgan fingerprint density at radius 3 is 1.27 bits per heavy atom. The minimum atomic E-state index is -3.67. The molecule has 0 aliphatic heterocycles. The van der Waals surface area contributed by atoms with Crippen LogP contribution >= 0.6 is 54.5 Å². The molecule has 0 radical (unpaired) electrons. The van der Waals surface area contributed by atoms with Gasteiger partial charge in [-0.3, -0.25) is 17.7 Å². The number of ether oxygens (including phenoxy) is 3. The second kappa shape index (κ2) is 66.3. The van der Waals surface area contributed by atoms with Crippen molar-refractivity contribution in [2.75, 3.05) is 27.4 Å². The van der Waals surface area contributed by atoms with Gasteiger partial charge in [0.2, 0.25) is 0 Å². The zero-order valence-corrected chi connectivity index (χ0v) is 84.3. The van der Waals surface area contributed by atoms with E-state index < -0.39 is 20.4 Å². The highest BCUT2D eigenvalue weighted by molar-refractivity contribution is 9.69. The number of unbranched alkanes of at least 4 members (excludes halogenated alkanes) is 8. The van der Waals surface area contributed by atoms with Gasteiger partial charge in [-0.15, -0.1) is 47.3 Å². The van der Waals surface area contributed by atoms with Crippen LogP contribution in [0.1, 0.15) is 292 Å². The molecule has 2 aliphatic carbocycles. The topological polar surface area (TPSA) is 105 Å². The Bertz CT molecular complexity index is 4060. The summed E-state index contributed by atoms with van der Waals surface area (Å²) in [5.41, 5.74) is 17.5. The number of ketones is 1. The predicted octanol–water partition coefficient (Wildman–Crippen LogP) is 28.8. The van der Waals surface area contributed by atoms with Gasteiger partial charge >= 0.3 is 10.7 Å². The molecule has 7 aromatic rings. The quantitative estimate of drug-likeness (QED) is 0.0131. The summed E-state index contributed by atoms with van der Waals surface area (Å²) in [6, 6.07) is 62.9. The minimum Gasteiger partial charge on any atom is -1.00 e. The Hall–Kier alpha value is -6.22. The molecular weight excluding hydrogens is 1790 g/mol. The number of allylic oxidation sites excluding steroid dienone is 11. The summed E-state index contributed by atoms with van der Waals surface area (Å²) in [5.74, 6) is 3.62. The highest BCUT2D eigenvalue weighted by atomic mass is 79.9. The summed E-state index contributed by atoms with van der Waals surface area (Å²) >= 11 is 9.31. The van der Waals surface area contributed by atoms with Crippen LogP contribution < -0.4 is 42.4 Å². The predicted molar refractivity (Wildman–Crippen MR) is 533 cm³/mol. The molecule has 0 saturated carbocycles. The van der Waals surface area contributed by atoms with E-state index >= 15 is 0 Å². The number of phenolic OH excluding ortho intramolecular Hbond substituents is 2. The van der Waals surface area contributed by atoms with Gasteiger partial charge in [0.15, 0.2) is 5.78 Å². The summed E-state index contributed by atoms with van der Waals surface area (Å²) in [6.07, 6.45) is 30.6. The monoisotopic (exact) mass is 1930 g/mol. The number of methoxy groups -OCH3 is 2. The van der Waals surface area contributed by atoms with Crippen molar-refractivity contribution in [1.82, 2.24) is 0 Å². The third kappa shape index (κ3) is 46.0. The number of aliphatic hydroxyl groups is 1. The standard InChI is InChI=1S/C25H36O.C25H30P.C16H24O.C15H22O.C10H16O.C9H10O2.C4H10O.BBr3.BF3.BrH/c1-7-8-9-10-19(5)20(6)21-12-14-23(25(26)16-21)24-15-18(4)11-13-22(24)17(2)3;1-3-4-8-15-22(2)26(23-16-9-5-10-17-23,24-18-11-6-12-19-24)25-20-13-7-14-21-25;1-5-6-7-9-13(2)14(3)15-10-8-11-16(12-15)17-4;1-4-5-6-8-12(2)13(3)14-9-7-10-15(16)11-14;1-8(2)9-4-6-10(3,11)7-5-9;1-7(10)8-4-3-5-9(6-8)11-2;1-3-5-4-2;2*2-1(3)4;/h12,14-16,22,24,26H,2,7-11,13H2,1,3-6H3;5-7,9-14,16-22H,3-4,8,15H2,1-2H3;8,10-12H,5-7,9H2,1-4H3;7,9-11,16H,4-6,8H2,1-3H3;4,6,9,11H,1,5,7H2,2-3H3;3-6H,1-2H3;3-4H2,1-2H3;;;1H/q;+1;;;;;;;;/p-1/b20-19+;;14-13+;13-12+;;;;;;. The summed E-state index contributed by atoms with van der Waals surface area (Å²) in [4.78, 5) is 10.9. The lowest BCUT2D eigenvalue weighted by molar-refractivity contribution is -0.0000439. The Kier molecular flexibility index (Phi) is 62.9. The molecule has 0 spiro atoms. The van der Waals surface area contributed by atoms with Crippen molar-refractivity contribution in [3.63, 3.8) is 0 Å². The van der Waals surface area contributed by atoms with Crippen LogP contribution in [0.25, 0.3) is 16.7 Å². The normalized spacial score (nSPS) is 15.7. The molecule has 121 heavy (non-hydrogen) atoms. The van der Waals surface area contributed by atoms with Gasteiger partial charge in [0.05, 0.1) is 25.5 Å². The molecule has 3 N–H and O–H groups in total. The average Bonchev–Trinajstić information content (AvgIpc) is 0.742. The molecule has 0 fully saturated rings. The number of carbonyl (C=O) groups excluding carboxylic acids is 1. The first-order valence-corrected chi connectivity index (χ1v) is 48.0. The fourth-order valence-electron chi connectivity index (χ4n) is 14.3. The van der Waals surface area contributed by atoms with Crippen LogP contribution in [0.15, 0.2) is 247 Å². The molecule has 9 rings (SSSR count). The first-order valence-electron chi connectivity index (χ1n) is 43.4. The number of rotatable bonds is 31. The zero-order valence-electron chi connectivity index (χ0n) is 77.1. The lowest BCUT2D eigenvalue weighted by Gasteiger charge is -2.33. The van der Waals surface area contributed by atoms with Gasteiger partial charge < -0.3 is 46.5 Å². The van der Waals surface area contributed by atoms with E-state index in [1.165, 1.54) is 168 Å². The van der Waals surface area contributed by atoms with Crippen molar-refractivity contribution in [2.45, 2.75) is 270 Å². The van der Waals surface area contributed by atoms with E-state index in [1.807, 2.05) is 64.1 Å². The van der Waals surface area contributed by atoms with E-state index in [9.17, 15) is 33.1 Å². The molecular formula is C104H148B2Br4F3O7P. The largest absolute Gasteiger partial charge is 1.00 e. The minimum absolute atomic E-state index is 0. The number of benzene rings is 7. The van der Waals surface area contributed by atoms with Crippen molar-refractivity contribution in [2.24, 2.45) is 11.8 Å². The highest BCUT2D eigenvalue weighted by Gasteiger charge is 2.49. The third-order valence-corrected chi connectivity index (χ3v) is 26.8. The van der Waals surface area contributed by atoms with Crippen LogP contribution in [0.3, 0.4) is 0 Å². The SMILES string of the molecule is BrB(Br)Br.C=C(C)C1C=CC(C)(O)CC1.C=C(C)C1CCC(C)=CC1c1ccc(/C(C)=C(\C)CCCCC)cc1O.CCCCC/C(C)=C(\C)c1cccc(O)c1.CCCCC/C(C)=C(\C)c1cccc(OC)c1.CCCCCC(C)[P+](c1ccccc1)(c1ccccc1)c1ccccc1.CCOCC.COc1cccc(C(C)=O)c1.FB(F)F.[Br-]. The van der Waals surface area contributed by atoms with E-state index in [4.69, 9.17) is 14.2 Å². The maximum Gasteiger partial charge on any atom is 0.762 e. The Balaban J connectivity index is 0.00000142. The summed E-state index contributed by atoms with van der Waals surface area (Å²) in [5, 5.41) is 34.3. The van der Waals surface area contributed by atoms with E-state index in [1.54, 1.807) is 38.5 Å². The van der Waals surface area contributed by atoms with Crippen molar-refractivity contribution in [3.8, 4) is 23.0 Å². The lowest BCUT2D eigenvalue weighted by Crippen LogP contribution is -3.00. The molecule has 7 aromatic carbocycles. The van der Waals surface area contributed by atoms with Gasteiger partial charge in [-0.2, -0.15) is 0 Å². The maximum atomic E-state index is 10.9. The highest BCUT2D eigenvalue weighted by Crippen LogP contribution is 2.61. The first kappa shape index (κ1) is 115. The van der Waals surface area contributed by atoms with Gasteiger partial charge in [0.25, 0.3) is 0 Å². The summed E-state index contributed by atoms with van der Waals surface area (Å²) < 4.78 is 44.3. The number of hydrogen-bond donors (Lipinski definition) is 3. The third-order valence-electron chi connectivity index (χ3n) is 21.9. The molecule has 2 aliphatic rings. The maximum absolute atomic E-state index is 10.9. The molecule has 7 nitrogen and oxygen atoms in total. The number of aromatic hydroxyl groups is 2. The number of carbonyl (C=O) groups is 1. The van der Waals surface area contributed by atoms with Crippen molar-refractivity contribution in [3.05, 3.63) is 275 Å². The second-order valence-corrected chi connectivity index (χ2v) is 41.8. The molecule has 0 bridgehead atoms. The molecule has 5 unspecified atom stereocenters. The zero-order chi connectivity index (χ0) is 90.2. The lowest BCUT2D eigenvalue weighted by atomic mass is 9.74. The second-order valence-electron chi connectivity index (χ2n) is 31.5. The van der Waals surface area contributed by atoms with Crippen LogP contribution in [0, 0.1) is 11.8 Å². The van der Waals surface area contributed by atoms with Gasteiger partial charge in [-0.05, 0) is 298 Å². The van der Waals surface area contributed by atoms with Gasteiger partial charge in [0.1, 0.15) is 46.2 Å². The van der Waals surface area contributed by atoms with Crippen LogP contribution in [0.4, 0.5) is 12.9 Å². The molecule has 0 amide bonds. The Morgan fingerprint density at radius 1 is 0.537 bits per heavy atom. The number of hydrogen-bond acceptors (Lipinski definition) is 7. The van der Waals surface area contributed by atoms with Crippen molar-refractivity contribution in [1.29, 1.82) is 0 Å². The van der Waals surface area contributed by atoms with E-state index in [2.05, 4.69) is 290 Å². The molecule has 5 atom stereocenters. The fourth-order valence-corrected chi connectivity index (χ4v) is 19.2. The van der Waals surface area contributed by atoms with Crippen molar-refractivity contribution < 1.29 is 64.3 Å². The molecule has 666 valence electrons. The van der Waals surface area contributed by atoms with Crippen LogP contribution in [0.5, 0.6) is 23.0 Å². The Labute approximate surface area is 769 Å². The fraction of sp³-hybridized carbons (Fsp3) is 0.452. The molecule has 0 heterocycles. The van der Waals surface area contributed by atoms with Gasteiger partial charge in [-0.25, -0.2) is 0 Å². The van der Waals surface area contributed by atoms with Crippen LogP contribution in [-0.4, -0.2) is 70.5 Å². The van der Waals surface area contributed by atoms with Crippen LogP contribution in [0.2, 0.25) is 0 Å². The first-order chi connectivity index (χ1) is 57.1. The van der Waals surface area contributed by atoms with E-state index in [0.29, 0.717) is 34.6 Å². The van der Waals surface area contributed by atoms with E-state index in [0.717, 1.165) is 79.9 Å². The van der Waals surface area contributed by atoms with E-state index in [-0.39, 0.29) is 31.9 Å². The van der Waals surface area contributed by atoms with Crippen molar-refractivity contribution >= 4 is 104 Å². The number of halogens is 7. The van der Waals surface area contributed by atoms with Gasteiger partial charge in [0, 0.05) is 30.3 Å². The summed E-state index contributed by atoms with van der Waals surface area (Å²) in [6.45, 7) is 48.1. The average molecular weight is 1940 g/mol. The Morgan fingerprint density at radius 2 is 0.926 bits per heavy atom. The molecule has 0 aromatic heterocycles. The number of Topliss-reactive ketones (excluding diaryl/α,β-unsaturated/α-hetero) is 1. The summed E-state index contributed by atoms with van der Waals surface area (Å²) in [7, 11) is -2.05. The molecule has 17 heteroatoms. The smallest absolute Gasteiger partial charge is 0.762 e. The van der Waals surface area contributed by atoms with Crippen LogP contribution in [-0.2, 0) is 4.74 Å².